The molecule has 4 rings (SSSR count). The molecule has 1 saturated heterocycles. The molecule has 2 aromatic heterocycles. The maximum atomic E-state index is 6.19. The lowest BCUT2D eigenvalue weighted by Gasteiger charge is -2.33. The molecule has 0 unspecified atom stereocenters. The highest BCUT2D eigenvalue weighted by Gasteiger charge is 2.27. The van der Waals surface area contributed by atoms with Crippen molar-refractivity contribution in [1.29, 1.82) is 0 Å². The molecule has 30 heavy (non-hydrogen) atoms. The molecule has 0 aliphatic carbocycles. The van der Waals surface area contributed by atoms with Gasteiger partial charge in [-0.1, -0.05) is 12.1 Å². The number of methoxy groups -OCH3 is 1. The van der Waals surface area contributed by atoms with Gasteiger partial charge >= 0.3 is 0 Å². The van der Waals surface area contributed by atoms with Crippen LogP contribution in [-0.2, 0) is 18.3 Å². The largest absolute Gasteiger partial charge is 0.497 e. The number of morpholine rings is 1. The fourth-order valence-electron chi connectivity index (χ4n) is 3.64. The summed E-state index contributed by atoms with van der Waals surface area (Å²) < 4.78 is 13.4. The van der Waals surface area contributed by atoms with E-state index in [-0.39, 0.29) is 6.10 Å². The van der Waals surface area contributed by atoms with E-state index in [1.54, 1.807) is 7.11 Å². The summed E-state index contributed by atoms with van der Waals surface area (Å²) in [5, 5.41) is 4.28. The predicted molar refractivity (Wildman–Crippen MR) is 116 cm³/mol. The number of rotatable bonds is 6. The lowest BCUT2D eigenvalue weighted by Crippen LogP contribution is -2.38. The van der Waals surface area contributed by atoms with Crippen LogP contribution < -0.4 is 9.64 Å². The fraction of sp³-hybridized carbons (Fsp3) is 0.409. The van der Waals surface area contributed by atoms with Gasteiger partial charge in [-0.15, -0.1) is 0 Å². The van der Waals surface area contributed by atoms with Gasteiger partial charge in [-0.3, -0.25) is 9.58 Å². The van der Waals surface area contributed by atoms with Gasteiger partial charge in [0.2, 0.25) is 5.95 Å². The first-order chi connectivity index (χ1) is 14.5. The van der Waals surface area contributed by atoms with Crippen LogP contribution in [0.15, 0.2) is 42.7 Å². The summed E-state index contributed by atoms with van der Waals surface area (Å²) in [4.78, 5) is 13.7. The zero-order valence-electron chi connectivity index (χ0n) is 17.9. The highest BCUT2D eigenvalue weighted by Crippen LogP contribution is 2.32. The molecule has 0 amide bonds. The van der Waals surface area contributed by atoms with Crippen LogP contribution in [0, 0.1) is 0 Å². The minimum atomic E-state index is -0.134. The standard InChI is InChI=1S/C22H28N6O2/c1-26(2)22-23-13-19(16-5-7-18(29-4)8-6-16)21(25-22)20-15-28(11-12-30-20)14-17-9-10-24-27(17)3/h5-10,13,20H,11-12,14-15H2,1-4H3/t20-/m0/s1. The number of hydrogen-bond acceptors (Lipinski definition) is 7. The minimum Gasteiger partial charge on any atom is -0.497 e. The number of nitrogens with zero attached hydrogens (tertiary/aromatic N) is 6. The first-order valence-corrected chi connectivity index (χ1v) is 10.0. The summed E-state index contributed by atoms with van der Waals surface area (Å²) in [6.07, 6.45) is 3.59. The van der Waals surface area contributed by atoms with E-state index < -0.39 is 0 Å². The summed E-state index contributed by atoms with van der Waals surface area (Å²) >= 11 is 0. The van der Waals surface area contributed by atoms with Crippen molar-refractivity contribution < 1.29 is 9.47 Å². The Morgan fingerprint density at radius 1 is 1.20 bits per heavy atom. The number of ether oxygens (including phenoxy) is 2. The van der Waals surface area contributed by atoms with Crippen LogP contribution in [-0.4, -0.2) is 65.5 Å². The second-order valence-electron chi connectivity index (χ2n) is 7.63. The Hall–Kier alpha value is -2.97. The Bertz CT molecular complexity index is 986. The van der Waals surface area contributed by atoms with Gasteiger partial charge in [0.1, 0.15) is 11.9 Å². The smallest absolute Gasteiger partial charge is 0.225 e. The summed E-state index contributed by atoms with van der Waals surface area (Å²) in [7, 11) is 7.54. The van der Waals surface area contributed by atoms with Crippen molar-refractivity contribution in [3.05, 3.63) is 54.1 Å². The molecular weight excluding hydrogens is 380 g/mol. The van der Waals surface area contributed by atoms with E-state index in [0.717, 1.165) is 42.2 Å². The predicted octanol–water partition coefficient (Wildman–Crippen LogP) is 2.53. The molecule has 1 aliphatic rings. The average molecular weight is 409 g/mol. The zero-order chi connectivity index (χ0) is 21.1. The Balaban J connectivity index is 1.64. The van der Waals surface area contributed by atoms with Crippen LogP contribution in [0.25, 0.3) is 11.1 Å². The summed E-state index contributed by atoms with van der Waals surface area (Å²) in [6.45, 7) is 3.13. The minimum absolute atomic E-state index is 0.134. The van der Waals surface area contributed by atoms with Gasteiger partial charge in [-0.05, 0) is 23.8 Å². The molecule has 0 radical (unpaired) electrons. The van der Waals surface area contributed by atoms with E-state index >= 15 is 0 Å². The molecule has 8 heteroatoms. The maximum Gasteiger partial charge on any atom is 0.225 e. The van der Waals surface area contributed by atoms with Crippen LogP contribution in [0.1, 0.15) is 17.5 Å². The molecule has 0 N–H and O–H groups in total. The van der Waals surface area contributed by atoms with Gasteiger partial charge in [0.15, 0.2) is 0 Å². The van der Waals surface area contributed by atoms with Crippen molar-refractivity contribution in [2.24, 2.45) is 7.05 Å². The third kappa shape index (κ3) is 4.29. The lowest BCUT2D eigenvalue weighted by molar-refractivity contribution is -0.0353. The molecule has 1 aliphatic heterocycles. The van der Waals surface area contributed by atoms with Crippen LogP contribution in [0.2, 0.25) is 0 Å². The quantitative estimate of drug-likeness (QED) is 0.621. The van der Waals surface area contributed by atoms with E-state index in [9.17, 15) is 0 Å². The van der Waals surface area contributed by atoms with Crippen molar-refractivity contribution >= 4 is 5.95 Å². The van der Waals surface area contributed by atoms with Gasteiger partial charge in [0.25, 0.3) is 0 Å². The molecule has 8 nitrogen and oxygen atoms in total. The number of anilines is 1. The van der Waals surface area contributed by atoms with Crippen LogP contribution >= 0.6 is 0 Å². The average Bonchev–Trinajstić information content (AvgIpc) is 3.18. The van der Waals surface area contributed by atoms with Gasteiger partial charge in [0, 0.05) is 58.7 Å². The SMILES string of the molecule is COc1ccc(-c2cnc(N(C)C)nc2[C@@H]2CN(Cc3ccnn3C)CCO2)cc1. The zero-order valence-corrected chi connectivity index (χ0v) is 17.9. The van der Waals surface area contributed by atoms with Gasteiger partial charge in [-0.2, -0.15) is 5.10 Å². The molecule has 1 atom stereocenters. The first-order valence-electron chi connectivity index (χ1n) is 10.0. The first kappa shape index (κ1) is 20.3. The molecule has 158 valence electrons. The molecule has 0 saturated carbocycles. The summed E-state index contributed by atoms with van der Waals surface area (Å²) in [5.74, 6) is 1.50. The van der Waals surface area contributed by atoms with Crippen molar-refractivity contribution in [2.75, 3.05) is 45.8 Å². The highest BCUT2D eigenvalue weighted by atomic mass is 16.5. The maximum absolute atomic E-state index is 6.19. The monoisotopic (exact) mass is 408 g/mol. The molecule has 0 spiro atoms. The number of hydrogen-bond donors (Lipinski definition) is 0. The molecule has 1 aromatic carbocycles. The van der Waals surface area contributed by atoms with Crippen LogP contribution in [0.4, 0.5) is 5.95 Å². The third-order valence-electron chi connectivity index (χ3n) is 5.37. The van der Waals surface area contributed by atoms with E-state index in [0.29, 0.717) is 12.6 Å². The van der Waals surface area contributed by atoms with Crippen molar-refractivity contribution in [1.82, 2.24) is 24.6 Å². The third-order valence-corrected chi connectivity index (χ3v) is 5.37. The van der Waals surface area contributed by atoms with Crippen molar-refractivity contribution in [2.45, 2.75) is 12.6 Å². The Labute approximate surface area is 177 Å². The van der Waals surface area contributed by atoms with E-state index in [1.165, 1.54) is 5.69 Å². The molecule has 3 aromatic rings. The van der Waals surface area contributed by atoms with Crippen LogP contribution in [0.5, 0.6) is 5.75 Å². The van der Waals surface area contributed by atoms with Crippen molar-refractivity contribution in [3.8, 4) is 16.9 Å². The number of benzene rings is 1. The molecular formula is C22H28N6O2. The second-order valence-corrected chi connectivity index (χ2v) is 7.63. The summed E-state index contributed by atoms with van der Waals surface area (Å²) in [6, 6.07) is 10.0. The molecule has 3 heterocycles. The number of aryl methyl sites for hydroxylation is 1. The molecule has 0 bridgehead atoms. The Morgan fingerprint density at radius 2 is 2.00 bits per heavy atom. The Kier molecular flexibility index (Phi) is 5.96. The topological polar surface area (TPSA) is 68.5 Å². The molecule has 1 fully saturated rings. The van der Waals surface area contributed by atoms with E-state index in [2.05, 4.69) is 21.0 Å². The van der Waals surface area contributed by atoms with Crippen molar-refractivity contribution in [3.63, 3.8) is 0 Å². The van der Waals surface area contributed by atoms with Gasteiger partial charge in [-0.25, -0.2) is 9.97 Å². The number of aromatic nitrogens is 4. The van der Waals surface area contributed by atoms with Crippen LogP contribution in [0.3, 0.4) is 0 Å². The van der Waals surface area contributed by atoms with Gasteiger partial charge in [0.05, 0.1) is 25.1 Å². The normalized spacial score (nSPS) is 17.1. The van der Waals surface area contributed by atoms with E-state index in [4.69, 9.17) is 14.5 Å². The Morgan fingerprint density at radius 3 is 2.67 bits per heavy atom. The highest BCUT2D eigenvalue weighted by molar-refractivity contribution is 5.67. The fourth-order valence-corrected chi connectivity index (χ4v) is 3.64. The second kappa shape index (κ2) is 8.81. The lowest BCUT2D eigenvalue weighted by atomic mass is 10.0. The summed E-state index contributed by atoms with van der Waals surface area (Å²) in [5.41, 5.74) is 4.12. The van der Waals surface area contributed by atoms with E-state index in [1.807, 2.05) is 67.4 Å². The van der Waals surface area contributed by atoms with Gasteiger partial charge < -0.3 is 14.4 Å².